The number of thiophene rings is 1. The van der Waals surface area contributed by atoms with Crippen LogP contribution in [0.1, 0.15) is 16.9 Å². The van der Waals surface area contributed by atoms with E-state index >= 15 is 0 Å². The van der Waals surface area contributed by atoms with Gasteiger partial charge >= 0.3 is 12.3 Å². The smallest absolute Gasteiger partial charge is 0.387 e. The van der Waals surface area contributed by atoms with Crippen molar-refractivity contribution < 1.29 is 18.4 Å². The summed E-state index contributed by atoms with van der Waals surface area (Å²) < 4.78 is 30.9. The summed E-state index contributed by atoms with van der Waals surface area (Å²) in [5.41, 5.74) is 0.363. The van der Waals surface area contributed by atoms with Crippen LogP contribution in [0, 0.1) is 10.1 Å². The van der Waals surface area contributed by atoms with Crippen LogP contribution >= 0.6 is 23.1 Å². The fraction of sp³-hybridized carbons (Fsp3) is 0.294. The summed E-state index contributed by atoms with van der Waals surface area (Å²) in [5, 5.41) is 12.0. The summed E-state index contributed by atoms with van der Waals surface area (Å²) in [6, 6.07) is 3.65. The van der Waals surface area contributed by atoms with Gasteiger partial charge in [-0.05, 0) is 30.9 Å². The Morgan fingerprint density at radius 3 is 2.89 bits per heavy atom. The Morgan fingerprint density at radius 1 is 1.39 bits per heavy atom. The number of rotatable bonds is 5. The minimum atomic E-state index is -3.19. The van der Waals surface area contributed by atoms with E-state index in [1.165, 1.54) is 26.8 Å². The predicted octanol–water partition coefficient (Wildman–Crippen LogP) is 4.14. The number of nitrogens with zero attached hydrogens (tertiary/aromatic N) is 3. The Morgan fingerprint density at radius 2 is 2.18 bits per heavy atom. The summed E-state index contributed by atoms with van der Waals surface area (Å²) in [4.78, 5) is 29.8. The highest BCUT2D eigenvalue weighted by molar-refractivity contribution is 7.99. The van der Waals surface area contributed by atoms with Gasteiger partial charge in [0.05, 0.1) is 10.3 Å². The average molecular weight is 425 g/mol. The molecule has 0 saturated heterocycles. The highest BCUT2D eigenvalue weighted by atomic mass is 32.2. The van der Waals surface area contributed by atoms with Gasteiger partial charge in [0.2, 0.25) is 5.75 Å². The van der Waals surface area contributed by atoms with E-state index in [-0.39, 0.29) is 5.56 Å². The first-order chi connectivity index (χ1) is 13.3. The van der Waals surface area contributed by atoms with Crippen LogP contribution < -0.4 is 10.3 Å². The van der Waals surface area contributed by atoms with Gasteiger partial charge in [-0.15, -0.1) is 11.3 Å². The molecule has 1 aliphatic carbocycles. The largest absolute Gasteiger partial charge is 0.427 e. The van der Waals surface area contributed by atoms with Crippen LogP contribution in [-0.2, 0) is 19.9 Å². The Balaban J connectivity index is 1.75. The molecule has 2 heterocycles. The lowest BCUT2D eigenvalue weighted by Crippen LogP contribution is -2.20. The van der Waals surface area contributed by atoms with Crippen LogP contribution in [0.15, 0.2) is 33.0 Å². The van der Waals surface area contributed by atoms with Crippen LogP contribution in [0.4, 0.5) is 14.5 Å². The molecular weight excluding hydrogens is 412 g/mol. The van der Waals surface area contributed by atoms with Crippen molar-refractivity contribution in [2.24, 2.45) is 7.05 Å². The first kappa shape index (κ1) is 18.8. The Hall–Kier alpha value is -2.53. The molecular formula is C17H13F2N3O4S2. The second-order valence-corrected chi connectivity index (χ2v) is 8.29. The van der Waals surface area contributed by atoms with Gasteiger partial charge in [-0.25, -0.2) is 4.98 Å². The van der Waals surface area contributed by atoms with Crippen LogP contribution in [0.25, 0.3) is 10.2 Å². The summed E-state index contributed by atoms with van der Waals surface area (Å²) in [5.74, 6) is -0.536. The van der Waals surface area contributed by atoms with Crippen molar-refractivity contribution in [2.75, 3.05) is 0 Å². The number of benzene rings is 1. The number of nitro groups is 1. The van der Waals surface area contributed by atoms with Crippen molar-refractivity contribution in [3.8, 4) is 5.75 Å². The zero-order valence-electron chi connectivity index (χ0n) is 14.5. The van der Waals surface area contributed by atoms with Crippen LogP contribution in [0.3, 0.4) is 0 Å². The minimum Gasteiger partial charge on any atom is -0.427 e. The Kier molecular flexibility index (Phi) is 4.79. The number of aryl methyl sites for hydroxylation is 2. The van der Waals surface area contributed by atoms with E-state index in [0.29, 0.717) is 20.3 Å². The van der Waals surface area contributed by atoms with E-state index in [1.807, 2.05) is 0 Å². The van der Waals surface area contributed by atoms with Gasteiger partial charge in [-0.2, -0.15) is 8.78 Å². The minimum absolute atomic E-state index is 0.155. The number of fused-ring (bicyclic) bond motifs is 3. The molecule has 4 rings (SSSR count). The van der Waals surface area contributed by atoms with E-state index in [1.54, 1.807) is 7.05 Å². The number of hydrogen-bond acceptors (Lipinski definition) is 7. The van der Waals surface area contributed by atoms with E-state index < -0.39 is 23.0 Å². The predicted molar refractivity (Wildman–Crippen MR) is 101 cm³/mol. The fourth-order valence-corrected chi connectivity index (χ4v) is 5.38. The molecule has 0 atom stereocenters. The van der Waals surface area contributed by atoms with Crippen molar-refractivity contribution in [1.29, 1.82) is 0 Å². The monoisotopic (exact) mass is 425 g/mol. The summed E-state index contributed by atoms with van der Waals surface area (Å²) in [6.45, 7) is -3.19. The zero-order valence-corrected chi connectivity index (χ0v) is 16.1. The molecule has 11 heteroatoms. The SMILES string of the molecule is Cn1c(Sc2ccc([N+](=O)[O-])c(OC(F)F)c2)nc2sc3c(c2c1=O)CCC3. The van der Waals surface area contributed by atoms with Gasteiger partial charge < -0.3 is 4.74 Å². The normalized spacial score (nSPS) is 13.3. The van der Waals surface area contributed by atoms with Crippen molar-refractivity contribution in [1.82, 2.24) is 9.55 Å². The molecule has 146 valence electrons. The van der Waals surface area contributed by atoms with Crippen LogP contribution in [0.5, 0.6) is 5.75 Å². The van der Waals surface area contributed by atoms with Crippen molar-refractivity contribution in [3.63, 3.8) is 0 Å². The topological polar surface area (TPSA) is 87.3 Å². The van der Waals surface area contributed by atoms with Gasteiger partial charge in [0.1, 0.15) is 4.83 Å². The van der Waals surface area contributed by atoms with Gasteiger partial charge in [0.25, 0.3) is 5.56 Å². The summed E-state index contributed by atoms with van der Waals surface area (Å²) in [6.07, 6.45) is 2.85. The maximum atomic E-state index is 12.8. The molecule has 0 radical (unpaired) electrons. The number of alkyl halides is 2. The quantitative estimate of drug-likeness (QED) is 0.347. The lowest BCUT2D eigenvalue weighted by molar-refractivity contribution is -0.386. The van der Waals surface area contributed by atoms with E-state index in [4.69, 9.17) is 0 Å². The highest BCUT2D eigenvalue weighted by Gasteiger charge is 2.23. The maximum absolute atomic E-state index is 12.8. The van der Waals surface area contributed by atoms with Gasteiger partial charge in [-0.3, -0.25) is 19.5 Å². The Labute approximate surface area is 165 Å². The molecule has 3 aromatic rings. The molecule has 0 fully saturated rings. The standard InChI is InChI=1S/C17H13F2N3O4S2/c1-21-15(23)13-9-3-2-4-12(9)28-14(13)20-17(21)27-8-5-6-10(22(24)25)11(7-8)26-16(18)19/h5-7,16H,2-4H2,1H3. The number of hydrogen-bond donors (Lipinski definition) is 0. The first-order valence-corrected chi connectivity index (χ1v) is 9.91. The molecule has 1 aromatic carbocycles. The summed E-state index contributed by atoms with van der Waals surface area (Å²) >= 11 is 2.56. The molecule has 0 spiro atoms. The van der Waals surface area contributed by atoms with Crippen molar-refractivity contribution in [2.45, 2.75) is 35.9 Å². The molecule has 0 amide bonds. The maximum Gasteiger partial charge on any atom is 0.387 e. The van der Waals surface area contributed by atoms with Gasteiger partial charge in [0.15, 0.2) is 5.16 Å². The first-order valence-electron chi connectivity index (χ1n) is 8.27. The third kappa shape index (κ3) is 3.24. The van der Waals surface area contributed by atoms with E-state index in [9.17, 15) is 23.7 Å². The average Bonchev–Trinajstić information content (AvgIpc) is 3.19. The number of halogens is 2. The number of ether oxygens (including phenoxy) is 1. The molecule has 28 heavy (non-hydrogen) atoms. The van der Waals surface area contributed by atoms with Crippen molar-refractivity contribution in [3.05, 3.63) is 49.1 Å². The molecule has 0 aliphatic heterocycles. The van der Waals surface area contributed by atoms with Gasteiger partial charge in [0, 0.05) is 29.0 Å². The highest BCUT2D eigenvalue weighted by Crippen LogP contribution is 2.38. The third-order valence-corrected chi connectivity index (χ3v) is 6.68. The second kappa shape index (κ2) is 7.13. The molecule has 7 nitrogen and oxygen atoms in total. The third-order valence-electron chi connectivity index (χ3n) is 4.46. The Bertz CT molecular complexity index is 1160. The summed E-state index contributed by atoms with van der Waals surface area (Å²) in [7, 11) is 1.60. The van der Waals surface area contributed by atoms with E-state index in [2.05, 4.69) is 9.72 Å². The van der Waals surface area contributed by atoms with Crippen LogP contribution in [0.2, 0.25) is 0 Å². The molecule has 2 aromatic heterocycles. The molecule has 1 aliphatic rings. The van der Waals surface area contributed by atoms with Crippen LogP contribution in [-0.4, -0.2) is 21.1 Å². The zero-order chi connectivity index (χ0) is 20.0. The van der Waals surface area contributed by atoms with Gasteiger partial charge in [-0.1, -0.05) is 11.8 Å². The number of nitro benzene ring substituents is 1. The molecule has 0 N–H and O–H groups in total. The lowest BCUT2D eigenvalue weighted by atomic mass is 10.2. The van der Waals surface area contributed by atoms with Crippen molar-refractivity contribution >= 4 is 39.0 Å². The number of aromatic nitrogens is 2. The molecule has 0 bridgehead atoms. The molecule has 0 unspecified atom stereocenters. The molecule has 0 saturated carbocycles. The lowest BCUT2D eigenvalue weighted by Gasteiger charge is -2.09. The van der Waals surface area contributed by atoms with E-state index in [0.717, 1.165) is 48.7 Å². The fourth-order valence-electron chi connectivity index (χ4n) is 3.20. The second-order valence-electron chi connectivity index (χ2n) is 6.16.